The largest absolute Gasteiger partial charge is 0.495 e. The van der Waals surface area contributed by atoms with Gasteiger partial charge in [-0.3, -0.25) is 9.59 Å². The summed E-state index contributed by atoms with van der Waals surface area (Å²) in [5.41, 5.74) is 5.78. The van der Waals surface area contributed by atoms with Crippen LogP contribution in [0.5, 0.6) is 5.75 Å². The van der Waals surface area contributed by atoms with Crippen molar-refractivity contribution in [3.8, 4) is 11.4 Å². The van der Waals surface area contributed by atoms with E-state index in [-0.39, 0.29) is 0 Å². The zero-order valence-electron chi connectivity index (χ0n) is 16.8. The van der Waals surface area contributed by atoms with Crippen LogP contribution in [-0.4, -0.2) is 23.4 Å². The molecule has 144 valence electrons. The Kier molecular flexibility index (Phi) is 5.36. The minimum absolute atomic E-state index is 0.396. The van der Waals surface area contributed by atoms with E-state index in [4.69, 9.17) is 4.74 Å². The molecule has 0 saturated heterocycles. The van der Waals surface area contributed by atoms with Crippen LogP contribution in [0.2, 0.25) is 0 Å². The van der Waals surface area contributed by atoms with Crippen molar-refractivity contribution in [2.24, 2.45) is 0 Å². The van der Waals surface area contributed by atoms with E-state index in [0.717, 1.165) is 28.2 Å². The maximum Gasteiger partial charge on any atom is 0.296 e. The summed E-state index contributed by atoms with van der Waals surface area (Å²) >= 11 is 0. The van der Waals surface area contributed by atoms with E-state index in [9.17, 15) is 9.59 Å². The Bertz CT molecular complexity index is 1040. The number of para-hydroxylation sites is 3. The summed E-state index contributed by atoms with van der Waals surface area (Å²) < 4.78 is 7.27. The number of nitrogens with one attached hydrogen (secondary N) is 1. The second-order valence-electron chi connectivity index (χ2n) is 6.84. The number of ether oxygens (including phenoxy) is 1. The number of benzene rings is 2. The van der Waals surface area contributed by atoms with E-state index in [1.807, 2.05) is 50.5 Å². The van der Waals surface area contributed by atoms with Crippen molar-refractivity contribution in [1.82, 2.24) is 4.57 Å². The lowest BCUT2D eigenvalue weighted by Crippen LogP contribution is -2.23. The number of methoxy groups -OCH3 is 1. The number of anilines is 1. The fourth-order valence-corrected chi connectivity index (χ4v) is 3.54. The zero-order chi connectivity index (χ0) is 20.4. The molecule has 5 heteroatoms. The van der Waals surface area contributed by atoms with Gasteiger partial charge in [0.2, 0.25) is 0 Å². The van der Waals surface area contributed by atoms with E-state index in [2.05, 4.69) is 5.32 Å². The molecular weight excluding hydrogens is 352 g/mol. The lowest BCUT2D eigenvalue weighted by molar-refractivity contribution is -0.112. The first-order chi connectivity index (χ1) is 13.3. The molecule has 0 aliphatic rings. The van der Waals surface area contributed by atoms with Crippen molar-refractivity contribution in [2.75, 3.05) is 12.4 Å². The molecule has 0 unspecified atom stereocenters. The third-order valence-corrected chi connectivity index (χ3v) is 4.90. The normalized spacial score (nSPS) is 10.6. The Morgan fingerprint density at radius 2 is 1.57 bits per heavy atom. The highest BCUT2D eigenvalue weighted by atomic mass is 16.5. The molecule has 0 radical (unpaired) electrons. The molecule has 1 aromatic heterocycles. The lowest BCUT2D eigenvalue weighted by Gasteiger charge is -2.15. The minimum Gasteiger partial charge on any atom is -0.495 e. The van der Waals surface area contributed by atoms with Crippen LogP contribution in [0.15, 0.2) is 48.5 Å². The Labute approximate surface area is 165 Å². The first-order valence-electron chi connectivity index (χ1n) is 9.09. The van der Waals surface area contributed by atoms with Crippen LogP contribution in [0.4, 0.5) is 5.69 Å². The number of amides is 1. The molecule has 5 nitrogen and oxygen atoms in total. The second kappa shape index (κ2) is 7.72. The number of hydrogen-bond acceptors (Lipinski definition) is 3. The van der Waals surface area contributed by atoms with Gasteiger partial charge >= 0.3 is 0 Å². The van der Waals surface area contributed by atoms with Gasteiger partial charge in [0.15, 0.2) is 0 Å². The van der Waals surface area contributed by atoms with E-state index >= 15 is 0 Å². The molecule has 1 heterocycles. The highest BCUT2D eigenvalue weighted by Crippen LogP contribution is 2.27. The zero-order valence-corrected chi connectivity index (χ0v) is 16.8. The number of hydrogen-bond donors (Lipinski definition) is 1. The number of ketones is 1. The van der Waals surface area contributed by atoms with Crippen molar-refractivity contribution >= 4 is 17.4 Å². The summed E-state index contributed by atoms with van der Waals surface area (Å²) in [6.45, 7) is 7.88. The Balaban J connectivity index is 1.97. The quantitative estimate of drug-likeness (QED) is 0.525. The van der Waals surface area contributed by atoms with Gasteiger partial charge in [-0.25, -0.2) is 0 Å². The van der Waals surface area contributed by atoms with E-state index in [0.29, 0.717) is 17.0 Å². The summed E-state index contributed by atoms with van der Waals surface area (Å²) in [5.74, 6) is -0.757. The highest BCUT2D eigenvalue weighted by Gasteiger charge is 2.24. The van der Waals surface area contributed by atoms with Gasteiger partial charge in [0.25, 0.3) is 11.7 Å². The van der Waals surface area contributed by atoms with Gasteiger partial charge in [-0.15, -0.1) is 0 Å². The van der Waals surface area contributed by atoms with Gasteiger partial charge in [0, 0.05) is 17.0 Å². The average Bonchev–Trinajstić information content (AvgIpc) is 2.96. The Morgan fingerprint density at radius 3 is 2.21 bits per heavy atom. The molecule has 0 saturated carbocycles. The summed E-state index contributed by atoms with van der Waals surface area (Å²) in [4.78, 5) is 25.5. The molecule has 28 heavy (non-hydrogen) atoms. The van der Waals surface area contributed by atoms with Crippen LogP contribution in [0.3, 0.4) is 0 Å². The van der Waals surface area contributed by atoms with Crippen molar-refractivity contribution in [1.29, 1.82) is 0 Å². The summed E-state index contributed by atoms with van der Waals surface area (Å²) in [6, 6.07) is 14.9. The first kappa shape index (κ1) is 19.4. The highest BCUT2D eigenvalue weighted by molar-refractivity contribution is 6.47. The predicted octanol–water partition coefficient (Wildman–Crippen LogP) is 4.54. The maximum atomic E-state index is 12.9. The van der Waals surface area contributed by atoms with Crippen LogP contribution in [0.1, 0.15) is 32.9 Å². The minimum atomic E-state index is -0.689. The van der Waals surface area contributed by atoms with Crippen molar-refractivity contribution in [3.63, 3.8) is 0 Å². The molecule has 1 N–H and O–H groups in total. The fraction of sp³-hybridized carbons (Fsp3) is 0.217. The van der Waals surface area contributed by atoms with Crippen LogP contribution < -0.4 is 10.1 Å². The molecule has 2 aromatic carbocycles. The van der Waals surface area contributed by atoms with Crippen molar-refractivity contribution < 1.29 is 14.3 Å². The number of nitrogens with zero attached hydrogens (tertiary/aromatic N) is 1. The van der Waals surface area contributed by atoms with Gasteiger partial charge in [-0.2, -0.15) is 0 Å². The summed E-state index contributed by atoms with van der Waals surface area (Å²) in [5, 5.41) is 2.66. The van der Waals surface area contributed by atoms with Gasteiger partial charge in [0.05, 0.1) is 18.5 Å². The van der Waals surface area contributed by atoms with Crippen molar-refractivity contribution in [3.05, 3.63) is 76.6 Å². The molecule has 1 amide bonds. The topological polar surface area (TPSA) is 60.3 Å². The first-order valence-corrected chi connectivity index (χ1v) is 9.09. The van der Waals surface area contributed by atoms with E-state index in [1.165, 1.54) is 7.11 Å². The van der Waals surface area contributed by atoms with E-state index in [1.54, 1.807) is 30.3 Å². The SMILES string of the molecule is COc1ccccc1NC(=O)C(=O)c1cc(C)n(-c2c(C)cccc2C)c1C. The number of rotatable bonds is 5. The van der Waals surface area contributed by atoms with Gasteiger partial charge < -0.3 is 14.6 Å². The standard InChI is InChI=1S/C23H24N2O3/c1-14-9-8-10-15(2)21(14)25-16(3)13-18(17(25)4)22(26)23(27)24-19-11-6-7-12-20(19)28-5/h6-13H,1-5H3,(H,24,27). The van der Waals surface area contributed by atoms with Gasteiger partial charge in [-0.1, -0.05) is 30.3 Å². The van der Waals surface area contributed by atoms with Gasteiger partial charge in [-0.05, 0) is 57.0 Å². The van der Waals surface area contributed by atoms with Crippen LogP contribution in [0.25, 0.3) is 5.69 Å². The van der Waals surface area contributed by atoms with Crippen LogP contribution >= 0.6 is 0 Å². The lowest BCUT2D eigenvalue weighted by atomic mass is 10.1. The molecule has 0 bridgehead atoms. The van der Waals surface area contributed by atoms with E-state index < -0.39 is 11.7 Å². The Hall–Kier alpha value is -3.34. The third kappa shape index (κ3) is 3.43. The molecule has 0 aliphatic carbocycles. The van der Waals surface area contributed by atoms with Crippen LogP contribution in [-0.2, 0) is 4.79 Å². The predicted molar refractivity (Wildman–Crippen MR) is 111 cm³/mol. The number of aromatic nitrogens is 1. The third-order valence-electron chi connectivity index (χ3n) is 4.90. The summed E-state index contributed by atoms with van der Waals surface area (Å²) in [7, 11) is 1.52. The van der Waals surface area contributed by atoms with Crippen molar-refractivity contribution in [2.45, 2.75) is 27.7 Å². The molecular formula is C23H24N2O3. The monoisotopic (exact) mass is 376 g/mol. The molecule has 3 aromatic rings. The number of Topliss-reactive ketones (excluding diaryl/α,β-unsaturated/α-hetero) is 1. The fourth-order valence-electron chi connectivity index (χ4n) is 3.54. The molecule has 0 spiro atoms. The second-order valence-corrected chi connectivity index (χ2v) is 6.84. The number of carbonyl (C=O) groups is 2. The molecule has 0 fully saturated rings. The Morgan fingerprint density at radius 1 is 0.929 bits per heavy atom. The average molecular weight is 376 g/mol. The van der Waals surface area contributed by atoms with Gasteiger partial charge in [0.1, 0.15) is 5.75 Å². The number of carbonyl (C=O) groups excluding carboxylic acids is 2. The maximum absolute atomic E-state index is 12.9. The number of aryl methyl sites for hydroxylation is 3. The summed E-state index contributed by atoms with van der Waals surface area (Å²) in [6.07, 6.45) is 0. The molecule has 0 aliphatic heterocycles. The molecule has 0 atom stereocenters. The smallest absolute Gasteiger partial charge is 0.296 e. The van der Waals surface area contributed by atoms with Crippen LogP contribution in [0, 0.1) is 27.7 Å². The molecule has 3 rings (SSSR count).